The number of hydrogen-bond donors (Lipinski definition) is 1. The molecule has 1 amide bonds. The molecule has 0 spiro atoms. The van der Waals surface area contributed by atoms with Crippen molar-refractivity contribution in [3.05, 3.63) is 50.3 Å². The van der Waals surface area contributed by atoms with Crippen molar-refractivity contribution < 1.29 is 4.79 Å². The van der Waals surface area contributed by atoms with Gasteiger partial charge in [0.1, 0.15) is 0 Å². The molecule has 0 unspecified atom stereocenters. The van der Waals surface area contributed by atoms with Crippen LogP contribution in [0.5, 0.6) is 0 Å². The van der Waals surface area contributed by atoms with Crippen molar-refractivity contribution in [3.8, 4) is 0 Å². The summed E-state index contributed by atoms with van der Waals surface area (Å²) in [5, 5.41) is 4.85. The van der Waals surface area contributed by atoms with Crippen molar-refractivity contribution in [2.45, 2.75) is 26.3 Å². The minimum atomic E-state index is -0.0440. The number of amides is 1. The molecule has 22 heavy (non-hydrogen) atoms. The molecule has 0 bridgehead atoms. The maximum absolute atomic E-state index is 12.0. The fourth-order valence-corrected chi connectivity index (χ4v) is 4.14. The third kappa shape index (κ3) is 2.98. The van der Waals surface area contributed by atoms with Crippen molar-refractivity contribution in [2.75, 3.05) is 5.32 Å². The molecule has 0 radical (unpaired) electrons. The molecule has 0 saturated heterocycles. The Morgan fingerprint density at radius 1 is 1.32 bits per heavy atom. The fourth-order valence-electron chi connectivity index (χ4n) is 2.38. The lowest BCUT2D eigenvalue weighted by Crippen LogP contribution is -2.15. The minimum Gasteiger partial charge on any atom is -0.326 e. The van der Waals surface area contributed by atoms with Gasteiger partial charge >= 0.3 is 4.87 Å². The van der Waals surface area contributed by atoms with E-state index in [1.165, 1.54) is 11.3 Å². The van der Waals surface area contributed by atoms with Crippen LogP contribution in [0.1, 0.15) is 24.8 Å². The average molecular weight is 332 g/mol. The monoisotopic (exact) mass is 332 g/mol. The molecule has 114 valence electrons. The lowest BCUT2D eigenvalue weighted by molar-refractivity contribution is -0.115. The first-order chi connectivity index (χ1) is 10.5. The van der Waals surface area contributed by atoms with E-state index < -0.39 is 0 Å². The lowest BCUT2D eigenvalue weighted by atomic mass is 10.2. The quantitative estimate of drug-likeness (QED) is 0.788. The highest BCUT2D eigenvalue weighted by Gasteiger charge is 2.11. The molecule has 3 rings (SSSR count). The molecule has 4 nitrogen and oxygen atoms in total. The van der Waals surface area contributed by atoms with E-state index in [1.807, 2.05) is 49.6 Å². The van der Waals surface area contributed by atoms with Gasteiger partial charge in [-0.15, -0.1) is 11.3 Å². The largest absolute Gasteiger partial charge is 0.326 e. The topological polar surface area (TPSA) is 51.1 Å². The van der Waals surface area contributed by atoms with E-state index in [-0.39, 0.29) is 16.8 Å². The SMILES string of the molecule is CC(C)n1c(=O)sc2cc(NC(=O)Cc3cccs3)ccc21. The van der Waals surface area contributed by atoms with E-state index in [0.29, 0.717) is 6.42 Å². The van der Waals surface area contributed by atoms with Gasteiger partial charge in [-0.05, 0) is 43.5 Å². The summed E-state index contributed by atoms with van der Waals surface area (Å²) in [6.45, 7) is 3.98. The summed E-state index contributed by atoms with van der Waals surface area (Å²) in [5.41, 5.74) is 1.65. The smallest absolute Gasteiger partial charge is 0.308 e. The molecule has 0 aliphatic heterocycles. The highest BCUT2D eigenvalue weighted by Crippen LogP contribution is 2.24. The number of thiophene rings is 1. The van der Waals surface area contributed by atoms with E-state index in [2.05, 4.69) is 5.32 Å². The summed E-state index contributed by atoms with van der Waals surface area (Å²) in [6.07, 6.45) is 0.374. The lowest BCUT2D eigenvalue weighted by Gasteiger charge is -2.08. The summed E-state index contributed by atoms with van der Waals surface area (Å²) in [6, 6.07) is 9.62. The van der Waals surface area contributed by atoms with E-state index in [0.717, 1.165) is 20.8 Å². The Hall–Kier alpha value is -1.92. The molecular formula is C16H16N2O2S2. The Labute approximate surface area is 136 Å². The first-order valence-corrected chi connectivity index (χ1v) is 8.71. The van der Waals surface area contributed by atoms with Crippen molar-refractivity contribution in [1.29, 1.82) is 0 Å². The van der Waals surface area contributed by atoms with Gasteiger partial charge in [0.15, 0.2) is 0 Å². The normalized spacial score (nSPS) is 11.2. The third-order valence-corrected chi connectivity index (χ3v) is 5.12. The van der Waals surface area contributed by atoms with Gasteiger partial charge in [0.2, 0.25) is 5.91 Å². The molecule has 0 fully saturated rings. The van der Waals surface area contributed by atoms with Crippen LogP contribution in [-0.2, 0) is 11.2 Å². The van der Waals surface area contributed by atoms with Crippen molar-refractivity contribution in [3.63, 3.8) is 0 Å². The van der Waals surface area contributed by atoms with Gasteiger partial charge in [-0.25, -0.2) is 0 Å². The van der Waals surface area contributed by atoms with Gasteiger partial charge in [-0.1, -0.05) is 17.4 Å². The molecule has 0 atom stereocenters. The van der Waals surface area contributed by atoms with Gasteiger partial charge in [0.25, 0.3) is 0 Å². The van der Waals surface area contributed by atoms with Crippen LogP contribution in [0.15, 0.2) is 40.5 Å². The third-order valence-electron chi connectivity index (χ3n) is 3.33. The number of nitrogens with one attached hydrogen (secondary N) is 1. The van der Waals surface area contributed by atoms with Crippen molar-refractivity contribution >= 4 is 44.5 Å². The predicted molar refractivity (Wildman–Crippen MR) is 93.1 cm³/mol. The minimum absolute atomic E-state index is 0.0343. The maximum atomic E-state index is 12.0. The van der Waals surface area contributed by atoms with Crippen LogP contribution in [0.4, 0.5) is 5.69 Å². The van der Waals surface area contributed by atoms with Gasteiger partial charge < -0.3 is 5.32 Å². The molecule has 3 aromatic rings. The van der Waals surface area contributed by atoms with E-state index >= 15 is 0 Å². The number of carbonyl (C=O) groups is 1. The average Bonchev–Trinajstić information content (AvgIpc) is 3.04. The molecular weight excluding hydrogens is 316 g/mol. The Morgan fingerprint density at radius 3 is 2.82 bits per heavy atom. The second-order valence-electron chi connectivity index (χ2n) is 5.32. The van der Waals surface area contributed by atoms with E-state index in [9.17, 15) is 9.59 Å². The zero-order valence-corrected chi connectivity index (χ0v) is 14.0. The van der Waals surface area contributed by atoms with Crippen LogP contribution in [0.3, 0.4) is 0 Å². The van der Waals surface area contributed by atoms with E-state index in [4.69, 9.17) is 0 Å². The molecule has 1 aromatic carbocycles. The number of anilines is 1. The first kappa shape index (κ1) is 15.0. The standard InChI is InChI=1S/C16H16N2O2S2/c1-10(2)18-13-6-5-11(8-14(13)22-16(18)20)17-15(19)9-12-4-3-7-21-12/h3-8,10H,9H2,1-2H3,(H,17,19). The van der Waals surface area contributed by atoms with Gasteiger partial charge in [-0.2, -0.15) is 0 Å². The first-order valence-electron chi connectivity index (χ1n) is 7.02. The van der Waals surface area contributed by atoms with Crippen LogP contribution in [0.2, 0.25) is 0 Å². The molecule has 0 aliphatic rings. The summed E-state index contributed by atoms with van der Waals surface area (Å²) in [5.74, 6) is -0.0440. The summed E-state index contributed by atoms with van der Waals surface area (Å²) < 4.78 is 2.67. The van der Waals surface area contributed by atoms with Crippen LogP contribution in [0, 0.1) is 0 Å². The highest BCUT2D eigenvalue weighted by atomic mass is 32.1. The van der Waals surface area contributed by atoms with Crippen LogP contribution in [-0.4, -0.2) is 10.5 Å². The molecule has 0 saturated carbocycles. The van der Waals surface area contributed by atoms with E-state index in [1.54, 1.807) is 15.9 Å². The number of aromatic nitrogens is 1. The number of fused-ring (bicyclic) bond motifs is 1. The van der Waals surface area contributed by atoms with Crippen molar-refractivity contribution in [1.82, 2.24) is 4.57 Å². The van der Waals surface area contributed by atoms with Gasteiger partial charge in [-0.3, -0.25) is 14.2 Å². The highest BCUT2D eigenvalue weighted by molar-refractivity contribution is 7.16. The Balaban J connectivity index is 1.83. The predicted octanol–water partition coefficient (Wildman–Crippen LogP) is 3.89. The number of rotatable bonds is 4. The maximum Gasteiger partial charge on any atom is 0.308 e. The number of carbonyl (C=O) groups excluding carboxylic acids is 1. The molecule has 2 heterocycles. The zero-order chi connectivity index (χ0) is 15.7. The van der Waals surface area contributed by atoms with Crippen LogP contribution in [0.25, 0.3) is 10.2 Å². The zero-order valence-electron chi connectivity index (χ0n) is 12.3. The second-order valence-corrected chi connectivity index (χ2v) is 7.34. The summed E-state index contributed by atoms with van der Waals surface area (Å²) in [7, 11) is 0. The molecule has 6 heteroatoms. The molecule has 2 aromatic heterocycles. The Bertz CT molecular complexity index is 860. The number of thiazole rings is 1. The number of benzene rings is 1. The van der Waals surface area contributed by atoms with Crippen LogP contribution < -0.4 is 10.2 Å². The van der Waals surface area contributed by atoms with Gasteiger partial charge in [0, 0.05) is 16.6 Å². The Morgan fingerprint density at radius 2 is 2.14 bits per heavy atom. The summed E-state index contributed by atoms with van der Waals surface area (Å²) >= 11 is 2.78. The Kier molecular flexibility index (Phi) is 4.13. The second kappa shape index (κ2) is 6.06. The molecule has 0 aliphatic carbocycles. The van der Waals surface area contributed by atoms with Crippen LogP contribution >= 0.6 is 22.7 Å². The summed E-state index contributed by atoms with van der Waals surface area (Å²) in [4.78, 5) is 25.1. The number of nitrogens with zero attached hydrogens (tertiary/aromatic N) is 1. The molecule has 1 N–H and O–H groups in total. The van der Waals surface area contributed by atoms with Gasteiger partial charge in [0.05, 0.1) is 16.6 Å². The van der Waals surface area contributed by atoms with Crippen molar-refractivity contribution in [2.24, 2.45) is 0 Å². The number of hydrogen-bond acceptors (Lipinski definition) is 4. The fraction of sp³-hybridized carbons (Fsp3) is 0.250.